The summed E-state index contributed by atoms with van der Waals surface area (Å²) in [6.07, 6.45) is 5.54. The number of aryl methyl sites for hydroxylation is 2. The standard InChI is InChI=1S/C17H21N3O3/c1-11-3-8-16(18-10-11)22-14-6-4-13(5-7-14)19-17(21)15-9-12(2)23-20-15/h3,8-10,13-14H,4-7H2,1-2H3,(H,19,21). The fourth-order valence-electron chi connectivity index (χ4n) is 2.75. The molecule has 23 heavy (non-hydrogen) atoms. The minimum Gasteiger partial charge on any atom is -0.474 e. The summed E-state index contributed by atoms with van der Waals surface area (Å²) in [6.45, 7) is 3.77. The molecule has 1 amide bonds. The van der Waals surface area contributed by atoms with Gasteiger partial charge in [0, 0.05) is 24.4 Å². The zero-order chi connectivity index (χ0) is 16.2. The first-order chi connectivity index (χ1) is 11.1. The molecule has 1 aliphatic carbocycles. The number of carbonyl (C=O) groups excluding carboxylic acids is 1. The van der Waals surface area contributed by atoms with E-state index in [1.807, 2.05) is 19.1 Å². The van der Waals surface area contributed by atoms with Gasteiger partial charge in [-0.05, 0) is 45.1 Å². The number of aromatic nitrogens is 2. The van der Waals surface area contributed by atoms with Gasteiger partial charge in [0.25, 0.3) is 5.91 Å². The van der Waals surface area contributed by atoms with Gasteiger partial charge in [-0.15, -0.1) is 0 Å². The summed E-state index contributed by atoms with van der Waals surface area (Å²) in [6, 6.07) is 5.70. The van der Waals surface area contributed by atoms with Gasteiger partial charge in [-0.25, -0.2) is 4.98 Å². The predicted molar refractivity (Wildman–Crippen MR) is 84.4 cm³/mol. The van der Waals surface area contributed by atoms with Gasteiger partial charge in [0.2, 0.25) is 5.88 Å². The number of carbonyl (C=O) groups is 1. The maximum Gasteiger partial charge on any atom is 0.273 e. The lowest BCUT2D eigenvalue weighted by molar-refractivity contribution is 0.0881. The van der Waals surface area contributed by atoms with Gasteiger partial charge in [-0.2, -0.15) is 0 Å². The summed E-state index contributed by atoms with van der Waals surface area (Å²) in [7, 11) is 0. The Hall–Kier alpha value is -2.37. The molecule has 1 aliphatic rings. The second-order valence-electron chi connectivity index (χ2n) is 6.06. The van der Waals surface area contributed by atoms with Crippen LogP contribution in [0.3, 0.4) is 0 Å². The Morgan fingerprint density at radius 1 is 1.26 bits per heavy atom. The second-order valence-corrected chi connectivity index (χ2v) is 6.06. The van der Waals surface area contributed by atoms with Crippen molar-refractivity contribution in [1.82, 2.24) is 15.5 Å². The number of nitrogens with zero attached hydrogens (tertiary/aromatic N) is 2. The minimum absolute atomic E-state index is 0.158. The molecule has 1 saturated carbocycles. The van der Waals surface area contributed by atoms with Gasteiger partial charge in [0.1, 0.15) is 11.9 Å². The average Bonchev–Trinajstić information content (AvgIpc) is 2.98. The lowest BCUT2D eigenvalue weighted by Crippen LogP contribution is -2.39. The van der Waals surface area contributed by atoms with Crippen LogP contribution >= 0.6 is 0 Å². The number of hydrogen-bond acceptors (Lipinski definition) is 5. The summed E-state index contributed by atoms with van der Waals surface area (Å²) in [5.41, 5.74) is 1.46. The molecule has 1 N–H and O–H groups in total. The fraction of sp³-hybridized carbons (Fsp3) is 0.471. The first kappa shape index (κ1) is 15.5. The summed E-state index contributed by atoms with van der Waals surface area (Å²) >= 11 is 0. The van der Waals surface area contributed by atoms with E-state index in [1.165, 1.54) is 0 Å². The van der Waals surface area contributed by atoms with Crippen molar-refractivity contribution in [2.45, 2.75) is 51.7 Å². The lowest BCUT2D eigenvalue weighted by Gasteiger charge is -2.29. The van der Waals surface area contributed by atoms with Crippen LogP contribution in [0.5, 0.6) is 5.88 Å². The number of rotatable bonds is 4. The highest BCUT2D eigenvalue weighted by Gasteiger charge is 2.25. The Bertz CT molecular complexity index is 658. The van der Waals surface area contributed by atoms with E-state index in [1.54, 1.807) is 19.2 Å². The molecule has 122 valence electrons. The summed E-state index contributed by atoms with van der Waals surface area (Å²) in [4.78, 5) is 16.3. The first-order valence-electron chi connectivity index (χ1n) is 7.93. The van der Waals surface area contributed by atoms with Gasteiger partial charge in [0.15, 0.2) is 5.69 Å². The highest BCUT2D eigenvalue weighted by molar-refractivity contribution is 5.92. The maximum atomic E-state index is 12.1. The highest BCUT2D eigenvalue weighted by atomic mass is 16.5. The van der Waals surface area contributed by atoms with E-state index in [4.69, 9.17) is 9.26 Å². The van der Waals surface area contributed by atoms with E-state index in [-0.39, 0.29) is 18.1 Å². The Morgan fingerprint density at radius 3 is 2.65 bits per heavy atom. The molecule has 0 radical (unpaired) electrons. The number of ether oxygens (including phenoxy) is 1. The molecular formula is C17H21N3O3. The molecule has 0 aliphatic heterocycles. The fourth-order valence-corrected chi connectivity index (χ4v) is 2.75. The maximum absolute atomic E-state index is 12.1. The number of amides is 1. The van der Waals surface area contributed by atoms with Crippen molar-refractivity contribution in [2.75, 3.05) is 0 Å². The summed E-state index contributed by atoms with van der Waals surface area (Å²) < 4.78 is 10.8. The van der Waals surface area contributed by atoms with Crippen molar-refractivity contribution in [3.63, 3.8) is 0 Å². The Labute approximate surface area is 135 Å². The van der Waals surface area contributed by atoms with Crippen LogP contribution in [0, 0.1) is 13.8 Å². The Morgan fingerprint density at radius 2 is 2.04 bits per heavy atom. The summed E-state index contributed by atoms with van der Waals surface area (Å²) in [5, 5.41) is 6.75. The first-order valence-corrected chi connectivity index (χ1v) is 7.93. The van der Waals surface area contributed by atoms with E-state index >= 15 is 0 Å². The molecule has 0 atom stereocenters. The van der Waals surface area contributed by atoms with Gasteiger partial charge < -0.3 is 14.6 Å². The van der Waals surface area contributed by atoms with Crippen LogP contribution in [0.15, 0.2) is 28.9 Å². The van der Waals surface area contributed by atoms with Crippen LogP contribution in [0.1, 0.15) is 47.5 Å². The molecule has 2 heterocycles. The van der Waals surface area contributed by atoms with Gasteiger partial charge in [-0.3, -0.25) is 4.79 Å². The van der Waals surface area contributed by atoms with Crippen molar-refractivity contribution < 1.29 is 14.1 Å². The van der Waals surface area contributed by atoms with Crippen LogP contribution in [-0.2, 0) is 0 Å². The summed E-state index contributed by atoms with van der Waals surface area (Å²) in [5.74, 6) is 1.13. The molecule has 1 fully saturated rings. The van der Waals surface area contributed by atoms with Crippen LogP contribution < -0.4 is 10.1 Å². The van der Waals surface area contributed by atoms with Crippen molar-refractivity contribution in [1.29, 1.82) is 0 Å². The highest BCUT2D eigenvalue weighted by Crippen LogP contribution is 2.23. The normalized spacial score (nSPS) is 21.0. The molecule has 0 bridgehead atoms. The Kier molecular flexibility index (Phi) is 4.60. The SMILES string of the molecule is Cc1ccc(OC2CCC(NC(=O)c3cc(C)on3)CC2)nc1. The third-order valence-corrected chi connectivity index (χ3v) is 4.04. The molecule has 2 aromatic heterocycles. The predicted octanol–water partition coefficient (Wildman–Crippen LogP) is 2.81. The van der Waals surface area contributed by atoms with Gasteiger partial charge in [0.05, 0.1) is 0 Å². The zero-order valence-corrected chi connectivity index (χ0v) is 13.4. The van der Waals surface area contributed by atoms with E-state index in [0.29, 0.717) is 17.3 Å². The van der Waals surface area contributed by atoms with Crippen molar-refractivity contribution >= 4 is 5.91 Å². The molecule has 0 spiro atoms. The zero-order valence-electron chi connectivity index (χ0n) is 13.4. The number of pyridine rings is 1. The van der Waals surface area contributed by atoms with Crippen molar-refractivity contribution in [3.05, 3.63) is 41.4 Å². The monoisotopic (exact) mass is 315 g/mol. The average molecular weight is 315 g/mol. The van der Waals surface area contributed by atoms with Crippen molar-refractivity contribution in [3.8, 4) is 5.88 Å². The topological polar surface area (TPSA) is 77.2 Å². The number of hydrogen-bond donors (Lipinski definition) is 1. The molecule has 0 aromatic carbocycles. The van der Waals surface area contributed by atoms with E-state index in [0.717, 1.165) is 31.2 Å². The third-order valence-electron chi connectivity index (χ3n) is 4.04. The van der Waals surface area contributed by atoms with E-state index in [2.05, 4.69) is 15.5 Å². The minimum atomic E-state index is -0.175. The van der Waals surface area contributed by atoms with Crippen LogP contribution in [0.4, 0.5) is 0 Å². The van der Waals surface area contributed by atoms with E-state index in [9.17, 15) is 4.79 Å². The largest absolute Gasteiger partial charge is 0.474 e. The molecule has 6 heteroatoms. The van der Waals surface area contributed by atoms with Crippen LogP contribution in [0.25, 0.3) is 0 Å². The molecular weight excluding hydrogens is 294 g/mol. The molecule has 0 saturated heterocycles. The number of nitrogens with one attached hydrogen (secondary N) is 1. The van der Waals surface area contributed by atoms with Gasteiger partial charge in [-0.1, -0.05) is 11.2 Å². The second kappa shape index (κ2) is 6.81. The van der Waals surface area contributed by atoms with Crippen LogP contribution in [0.2, 0.25) is 0 Å². The third kappa shape index (κ3) is 4.09. The Balaban J connectivity index is 1.46. The molecule has 3 rings (SSSR count). The van der Waals surface area contributed by atoms with Gasteiger partial charge >= 0.3 is 0 Å². The molecule has 6 nitrogen and oxygen atoms in total. The smallest absolute Gasteiger partial charge is 0.273 e. The lowest BCUT2D eigenvalue weighted by atomic mass is 9.93. The molecule has 0 unspecified atom stereocenters. The van der Waals surface area contributed by atoms with Crippen molar-refractivity contribution in [2.24, 2.45) is 0 Å². The molecule has 2 aromatic rings. The quantitative estimate of drug-likeness (QED) is 0.938. The van der Waals surface area contributed by atoms with Crippen LogP contribution in [-0.4, -0.2) is 28.2 Å². The van der Waals surface area contributed by atoms with E-state index < -0.39 is 0 Å².